The normalized spacial score (nSPS) is 11.8. The number of para-hydroxylation sites is 2. The molecule has 2 heteroatoms. The first-order valence-electron chi connectivity index (χ1n) is 25.5. The molecule has 0 aliphatic rings. The fourth-order valence-corrected chi connectivity index (χ4v) is 11.5. The second kappa shape index (κ2) is 17.7. The van der Waals surface area contributed by atoms with Crippen molar-refractivity contribution in [3.05, 3.63) is 266 Å². The van der Waals surface area contributed by atoms with Crippen LogP contribution < -0.4 is 9.80 Å². The van der Waals surface area contributed by atoms with Crippen LogP contribution in [0.1, 0.15) is 31.9 Å². The summed E-state index contributed by atoms with van der Waals surface area (Å²) >= 11 is 0. The maximum absolute atomic E-state index is 2.48. The maximum Gasteiger partial charge on any atom is 0.0468 e. The third-order valence-electron chi connectivity index (χ3n) is 15.0. The highest BCUT2D eigenvalue weighted by Gasteiger charge is 2.25. The Morgan fingerprint density at radius 3 is 1.10 bits per heavy atom. The summed E-state index contributed by atoms with van der Waals surface area (Å²) in [4.78, 5) is 4.84. The summed E-state index contributed by atoms with van der Waals surface area (Å²) in [6, 6.07) is 94.7. The Morgan fingerprint density at radius 2 is 0.630 bits per heavy atom. The van der Waals surface area contributed by atoms with Gasteiger partial charge in [-0.2, -0.15) is 0 Å². The van der Waals surface area contributed by atoms with Gasteiger partial charge in [-0.15, -0.1) is 0 Å². The average Bonchev–Trinajstić information content (AvgIpc) is 3.43. The van der Waals surface area contributed by atoms with Crippen molar-refractivity contribution in [2.24, 2.45) is 0 Å². The molecule has 13 aromatic carbocycles. The lowest BCUT2D eigenvalue weighted by molar-refractivity contribution is 0.590. The van der Waals surface area contributed by atoms with Gasteiger partial charge >= 0.3 is 0 Å². The van der Waals surface area contributed by atoms with E-state index in [2.05, 4.69) is 292 Å². The molecule has 13 aromatic rings. The molecular formula is C71H54N2. The second-order valence-electron chi connectivity index (χ2n) is 20.6. The van der Waals surface area contributed by atoms with Crippen molar-refractivity contribution in [1.29, 1.82) is 0 Å². The van der Waals surface area contributed by atoms with E-state index >= 15 is 0 Å². The molecule has 2 nitrogen and oxygen atoms in total. The molecule has 0 amide bonds. The Balaban J connectivity index is 1.21. The van der Waals surface area contributed by atoms with Gasteiger partial charge in [-0.05, 0) is 195 Å². The summed E-state index contributed by atoms with van der Waals surface area (Å²) < 4.78 is 0. The Hall–Kier alpha value is -8.98. The SMILES string of the molecule is Cc1cccc(N(c2ccc(C(C)(C)C)cc2)c2ccc3c(-c4cc5ccccc5c5ccccc45)c4cc(N(c5ccccc5)c5ccccc5)ccc4c(-c4cc5ccccc5c5ccccc45)c3c2)c1. The molecule has 348 valence electrons. The molecular weight excluding hydrogens is 881 g/mol. The van der Waals surface area contributed by atoms with E-state index in [0.29, 0.717) is 0 Å². The van der Waals surface area contributed by atoms with Crippen molar-refractivity contribution in [3.63, 3.8) is 0 Å². The minimum atomic E-state index is 0.0245. The first-order valence-corrected chi connectivity index (χ1v) is 25.5. The number of fused-ring (bicyclic) bond motifs is 8. The van der Waals surface area contributed by atoms with Gasteiger partial charge in [0.2, 0.25) is 0 Å². The summed E-state index contributed by atoms with van der Waals surface area (Å²) in [6.45, 7) is 9.04. The molecule has 0 saturated carbocycles. The number of anilines is 6. The van der Waals surface area contributed by atoms with Gasteiger partial charge < -0.3 is 9.80 Å². The zero-order valence-electron chi connectivity index (χ0n) is 41.6. The molecule has 0 aromatic heterocycles. The van der Waals surface area contributed by atoms with E-state index in [1.165, 1.54) is 98.0 Å². The highest BCUT2D eigenvalue weighted by molar-refractivity contribution is 6.29. The van der Waals surface area contributed by atoms with Crippen molar-refractivity contribution in [2.45, 2.75) is 33.1 Å². The maximum atomic E-state index is 2.48. The highest BCUT2D eigenvalue weighted by atomic mass is 15.1. The molecule has 0 atom stereocenters. The van der Waals surface area contributed by atoms with Gasteiger partial charge in [-0.3, -0.25) is 0 Å². The van der Waals surface area contributed by atoms with Crippen LogP contribution in [0, 0.1) is 6.92 Å². The van der Waals surface area contributed by atoms with Crippen molar-refractivity contribution >= 4 is 98.8 Å². The molecule has 0 fully saturated rings. The van der Waals surface area contributed by atoms with Crippen LogP contribution in [0.5, 0.6) is 0 Å². The average molecular weight is 935 g/mol. The van der Waals surface area contributed by atoms with Gasteiger partial charge in [0.15, 0.2) is 0 Å². The van der Waals surface area contributed by atoms with Crippen LogP contribution in [0.4, 0.5) is 34.1 Å². The molecule has 13 rings (SSSR count). The molecule has 73 heavy (non-hydrogen) atoms. The molecule has 0 aliphatic heterocycles. The number of hydrogen-bond donors (Lipinski definition) is 0. The summed E-state index contributed by atoms with van der Waals surface area (Å²) in [5.41, 5.74) is 14.0. The summed E-state index contributed by atoms with van der Waals surface area (Å²) in [7, 11) is 0. The Bertz CT molecular complexity index is 4200. The number of rotatable bonds is 8. The monoisotopic (exact) mass is 934 g/mol. The molecule has 0 aliphatic carbocycles. The smallest absolute Gasteiger partial charge is 0.0468 e. The van der Waals surface area contributed by atoms with E-state index in [0.717, 1.165) is 34.1 Å². The van der Waals surface area contributed by atoms with Gasteiger partial charge in [0, 0.05) is 34.1 Å². The number of hydrogen-bond acceptors (Lipinski definition) is 2. The second-order valence-corrected chi connectivity index (χ2v) is 20.6. The van der Waals surface area contributed by atoms with Crippen molar-refractivity contribution in [3.8, 4) is 22.3 Å². The van der Waals surface area contributed by atoms with Crippen LogP contribution in [0.15, 0.2) is 255 Å². The van der Waals surface area contributed by atoms with Crippen molar-refractivity contribution in [1.82, 2.24) is 0 Å². The quantitative estimate of drug-likeness (QED) is 0.111. The van der Waals surface area contributed by atoms with E-state index in [4.69, 9.17) is 0 Å². The third-order valence-corrected chi connectivity index (χ3v) is 15.0. The van der Waals surface area contributed by atoms with Gasteiger partial charge in [0.1, 0.15) is 0 Å². The van der Waals surface area contributed by atoms with Gasteiger partial charge in [-0.1, -0.05) is 191 Å². The van der Waals surface area contributed by atoms with Gasteiger partial charge in [0.05, 0.1) is 0 Å². The van der Waals surface area contributed by atoms with E-state index < -0.39 is 0 Å². The fourth-order valence-electron chi connectivity index (χ4n) is 11.5. The lowest BCUT2D eigenvalue weighted by Gasteiger charge is -2.29. The van der Waals surface area contributed by atoms with Crippen LogP contribution in [0.2, 0.25) is 0 Å². The van der Waals surface area contributed by atoms with E-state index in [1.807, 2.05) is 0 Å². The topological polar surface area (TPSA) is 6.48 Å². The van der Waals surface area contributed by atoms with Gasteiger partial charge in [-0.25, -0.2) is 0 Å². The summed E-state index contributed by atoms with van der Waals surface area (Å²) in [5, 5.41) is 14.7. The predicted octanol–water partition coefficient (Wildman–Crippen LogP) is 20.5. The number of aryl methyl sites for hydroxylation is 1. The molecule has 0 unspecified atom stereocenters. The minimum Gasteiger partial charge on any atom is -0.310 e. The third kappa shape index (κ3) is 7.66. The first kappa shape index (κ1) is 44.0. The van der Waals surface area contributed by atoms with Crippen LogP contribution in [-0.2, 0) is 5.41 Å². The summed E-state index contributed by atoms with van der Waals surface area (Å²) in [6.07, 6.45) is 0. The molecule has 0 spiro atoms. The number of benzene rings is 13. The van der Waals surface area contributed by atoms with Crippen LogP contribution >= 0.6 is 0 Å². The highest BCUT2D eigenvalue weighted by Crippen LogP contribution is 2.52. The van der Waals surface area contributed by atoms with E-state index in [1.54, 1.807) is 0 Å². The lowest BCUT2D eigenvalue weighted by atomic mass is 9.82. The largest absolute Gasteiger partial charge is 0.310 e. The first-order chi connectivity index (χ1) is 35.8. The molecule has 0 radical (unpaired) electrons. The Kier molecular flexibility index (Phi) is 10.7. The molecule has 0 saturated heterocycles. The fraction of sp³-hybridized carbons (Fsp3) is 0.0704. The van der Waals surface area contributed by atoms with Crippen LogP contribution in [-0.4, -0.2) is 0 Å². The Labute approximate surface area is 427 Å². The number of nitrogens with zero attached hydrogens (tertiary/aromatic N) is 2. The van der Waals surface area contributed by atoms with E-state index in [-0.39, 0.29) is 5.41 Å². The predicted molar refractivity (Wildman–Crippen MR) is 315 cm³/mol. The van der Waals surface area contributed by atoms with Crippen molar-refractivity contribution < 1.29 is 0 Å². The molecule has 0 N–H and O–H groups in total. The zero-order valence-corrected chi connectivity index (χ0v) is 41.6. The lowest BCUT2D eigenvalue weighted by Crippen LogP contribution is -2.13. The minimum absolute atomic E-state index is 0.0245. The Morgan fingerprint density at radius 1 is 0.260 bits per heavy atom. The van der Waals surface area contributed by atoms with Gasteiger partial charge in [0.25, 0.3) is 0 Å². The molecule has 0 heterocycles. The summed E-state index contributed by atoms with van der Waals surface area (Å²) in [5.74, 6) is 0. The van der Waals surface area contributed by atoms with E-state index in [9.17, 15) is 0 Å². The molecule has 0 bridgehead atoms. The standard InChI is InChI=1S/C71H54N2/c1-47-20-19-27-54(42-47)73(53-36-34-50(35-37-53)71(2,3)4)56-39-41-64-68(46-56)70(66-44-49-22-12-14-29-58(49)60-31-16-18-33-62(60)66)63-40-38-55(72(51-23-7-5-8-24-51)52-25-9-6-10-26-52)45-67(63)69(64)65-43-48-21-11-13-28-57(48)59-30-15-17-32-61(59)65/h5-46H,1-4H3. The van der Waals surface area contributed by atoms with Crippen molar-refractivity contribution in [2.75, 3.05) is 9.80 Å². The van der Waals surface area contributed by atoms with Crippen LogP contribution in [0.25, 0.3) is 86.9 Å². The zero-order chi connectivity index (χ0) is 49.2. The van der Waals surface area contributed by atoms with Crippen LogP contribution in [0.3, 0.4) is 0 Å².